The molecule has 6 heteroatoms. The van der Waals surface area contributed by atoms with Crippen molar-refractivity contribution in [2.45, 2.75) is 63.7 Å². The maximum Gasteiger partial charge on any atom is 0.227 e. The summed E-state index contributed by atoms with van der Waals surface area (Å²) < 4.78 is 6.01. The Morgan fingerprint density at radius 2 is 1.96 bits per heavy atom. The van der Waals surface area contributed by atoms with Crippen molar-refractivity contribution in [3.05, 3.63) is 33.8 Å². The molecule has 2 atom stereocenters. The summed E-state index contributed by atoms with van der Waals surface area (Å²) in [6.07, 6.45) is 5.98. The summed E-state index contributed by atoms with van der Waals surface area (Å²) in [6, 6.07) is 5.56. The van der Waals surface area contributed by atoms with E-state index in [-0.39, 0.29) is 23.5 Å². The van der Waals surface area contributed by atoms with Gasteiger partial charge in [0.05, 0.1) is 28.7 Å². The lowest BCUT2D eigenvalue weighted by molar-refractivity contribution is -0.141. The van der Waals surface area contributed by atoms with Crippen molar-refractivity contribution >= 4 is 29.1 Å². The average molecular weight is 399 g/mol. The fraction of sp³-hybridized carbons (Fsp3) is 0.650. The molecule has 144 valence electrons. The summed E-state index contributed by atoms with van der Waals surface area (Å²) in [6.45, 7) is 4.04. The van der Waals surface area contributed by atoms with Crippen LogP contribution in [0.5, 0.6) is 0 Å². The molecule has 26 heavy (non-hydrogen) atoms. The first-order valence-electron chi connectivity index (χ1n) is 9.50. The Kier molecular flexibility index (Phi) is 6.50. The molecule has 2 aliphatic rings. The molecule has 1 aromatic carbocycles. The Balaban J connectivity index is 1.48. The molecule has 0 bridgehead atoms. The second-order valence-electron chi connectivity index (χ2n) is 7.89. The number of carbonyl (C=O) groups excluding carboxylic acids is 1. The van der Waals surface area contributed by atoms with E-state index in [1.54, 1.807) is 6.07 Å². The normalized spacial score (nSPS) is 27.5. The van der Waals surface area contributed by atoms with Crippen LogP contribution in [0.3, 0.4) is 0 Å². The first kappa shape index (κ1) is 19.9. The zero-order valence-corrected chi connectivity index (χ0v) is 16.9. The number of hydrogen-bond acceptors (Lipinski definition) is 3. The van der Waals surface area contributed by atoms with Gasteiger partial charge in [0.25, 0.3) is 0 Å². The minimum atomic E-state index is -0.365. The predicted molar refractivity (Wildman–Crippen MR) is 105 cm³/mol. The van der Waals surface area contributed by atoms with Gasteiger partial charge in [-0.05, 0) is 50.3 Å². The molecule has 4 nitrogen and oxygen atoms in total. The summed E-state index contributed by atoms with van der Waals surface area (Å²) in [5.74, 6) is 0.197. The molecular weight excluding hydrogens is 371 g/mol. The highest BCUT2D eigenvalue weighted by atomic mass is 35.5. The number of halogens is 2. The van der Waals surface area contributed by atoms with Crippen LogP contribution >= 0.6 is 23.2 Å². The van der Waals surface area contributed by atoms with Gasteiger partial charge in [0.15, 0.2) is 0 Å². The van der Waals surface area contributed by atoms with Crippen molar-refractivity contribution < 1.29 is 9.53 Å². The van der Waals surface area contributed by atoms with Crippen molar-refractivity contribution in [1.29, 1.82) is 0 Å². The van der Waals surface area contributed by atoms with Crippen LogP contribution in [-0.4, -0.2) is 35.5 Å². The van der Waals surface area contributed by atoms with Gasteiger partial charge in [0.1, 0.15) is 0 Å². The maximum atomic E-state index is 12.9. The van der Waals surface area contributed by atoms with E-state index in [0.717, 1.165) is 57.2 Å². The van der Waals surface area contributed by atoms with Gasteiger partial charge >= 0.3 is 0 Å². The molecule has 2 fully saturated rings. The predicted octanol–water partition coefficient (Wildman–Crippen LogP) is 4.41. The van der Waals surface area contributed by atoms with Gasteiger partial charge in [0.2, 0.25) is 5.91 Å². The summed E-state index contributed by atoms with van der Waals surface area (Å²) in [5.41, 5.74) is 7.05. The third-order valence-electron chi connectivity index (χ3n) is 5.78. The zero-order chi connectivity index (χ0) is 18.7. The van der Waals surface area contributed by atoms with Crippen LogP contribution in [0.2, 0.25) is 10.0 Å². The maximum absolute atomic E-state index is 12.9. The minimum Gasteiger partial charge on any atom is -0.373 e. The Morgan fingerprint density at radius 1 is 1.23 bits per heavy atom. The van der Waals surface area contributed by atoms with Crippen molar-refractivity contribution in [3.8, 4) is 0 Å². The molecular formula is C20H28Cl2N2O2. The van der Waals surface area contributed by atoms with Gasteiger partial charge < -0.3 is 15.4 Å². The highest BCUT2D eigenvalue weighted by molar-refractivity contribution is 6.42. The molecule has 1 aromatic rings. The zero-order valence-electron chi connectivity index (χ0n) is 15.3. The number of carbonyl (C=O) groups is 1. The molecule has 3 rings (SSSR count). The number of nitrogens with two attached hydrogens (primary N) is 1. The first-order chi connectivity index (χ1) is 12.4. The Bertz CT molecular complexity index is 643. The van der Waals surface area contributed by atoms with E-state index in [1.165, 1.54) is 0 Å². The molecule has 0 aromatic heterocycles. The second kappa shape index (κ2) is 8.47. The number of rotatable bonds is 4. The number of hydrogen-bond donors (Lipinski definition) is 1. The largest absolute Gasteiger partial charge is 0.373 e. The number of nitrogens with zero attached hydrogens (tertiary/aromatic N) is 1. The molecule has 0 radical (unpaired) electrons. The van der Waals surface area contributed by atoms with Gasteiger partial charge in [-0.25, -0.2) is 0 Å². The smallest absolute Gasteiger partial charge is 0.227 e. The Morgan fingerprint density at radius 3 is 2.62 bits per heavy atom. The van der Waals surface area contributed by atoms with Crippen LogP contribution in [0.1, 0.15) is 51.0 Å². The minimum absolute atomic E-state index is 0.0371. The van der Waals surface area contributed by atoms with E-state index < -0.39 is 0 Å². The summed E-state index contributed by atoms with van der Waals surface area (Å²) >= 11 is 12.0. The molecule has 0 spiro atoms. The Labute approximate surface area is 166 Å². The van der Waals surface area contributed by atoms with Gasteiger partial charge in [-0.1, -0.05) is 42.1 Å². The fourth-order valence-electron chi connectivity index (χ4n) is 4.07. The van der Waals surface area contributed by atoms with Crippen molar-refractivity contribution in [2.75, 3.05) is 13.1 Å². The summed E-state index contributed by atoms with van der Waals surface area (Å²) in [5, 5.41) is 1.10. The fourth-order valence-corrected chi connectivity index (χ4v) is 4.39. The third-order valence-corrected chi connectivity index (χ3v) is 6.51. The Hall–Kier alpha value is -0.810. The molecule has 1 amide bonds. The average Bonchev–Trinajstić information content (AvgIpc) is 2.62. The number of amides is 1. The summed E-state index contributed by atoms with van der Waals surface area (Å²) in [7, 11) is 0. The van der Waals surface area contributed by atoms with Crippen LogP contribution in [0, 0.1) is 5.92 Å². The SMILES string of the molecule is CC1(N)CCCCC1C(=O)N1CCC(OCc2ccc(Cl)c(Cl)c2)CC1. The van der Waals surface area contributed by atoms with E-state index in [2.05, 4.69) is 0 Å². The standard InChI is InChI=1S/C20H28Cl2N2O2/c1-20(23)9-3-2-4-16(20)19(25)24-10-7-15(8-11-24)26-13-14-5-6-17(21)18(22)12-14/h5-6,12,15-16H,2-4,7-11,13,23H2,1H3. The quantitative estimate of drug-likeness (QED) is 0.816. The van der Waals surface area contributed by atoms with Crippen LogP contribution in [0.25, 0.3) is 0 Å². The number of likely N-dealkylation sites (tertiary alicyclic amines) is 1. The van der Waals surface area contributed by atoms with E-state index in [1.807, 2.05) is 24.0 Å². The van der Waals surface area contributed by atoms with E-state index in [9.17, 15) is 4.79 Å². The van der Waals surface area contributed by atoms with Crippen LogP contribution in [0.4, 0.5) is 0 Å². The second-order valence-corrected chi connectivity index (χ2v) is 8.70. The first-order valence-corrected chi connectivity index (χ1v) is 10.3. The van der Waals surface area contributed by atoms with E-state index >= 15 is 0 Å². The van der Waals surface area contributed by atoms with Gasteiger partial charge in [-0.2, -0.15) is 0 Å². The molecule has 1 heterocycles. The number of piperidine rings is 1. The monoisotopic (exact) mass is 398 g/mol. The topological polar surface area (TPSA) is 55.6 Å². The third kappa shape index (κ3) is 4.72. The van der Waals surface area contributed by atoms with E-state index in [0.29, 0.717) is 16.7 Å². The van der Waals surface area contributed by atoms with Crippen molar-refractivity contribution in [2.24, 2.45) is 11.7 Å². The van der Waals surface area contributed by atoms with Crippen LogP contribution < -0.4 is 5.73 Å². The van der Waals surface area contributed by atoms with Crippen molar-refractivity contribution in [3.63, 3.8) is 0 Å². The number of ether oxygens (including phenoxy) is 1. The molecule has 1 aliphatic heterocycles. The molecule has 2 unspecified atom stereocenters. The van der Waals surface area contributed by atoms with Gasteiger partial charge in [-0.3, -0.25) is 4.79 Å². The highest BCUT2D eigenvalue weighted by Gasteiger charge is 2.40. The molecule has 1 aliphatic carbocycles. The van der Waals surface area contributed by atoms with E-state index in [4.69, 9.17) is 33.7 Å². The lowest BCUT2D eigenvalue weighted by atomic mass is 9.74. The lowest BCUT2D eigenvalue weighted by Crippen LogP contribution is -2.55. The van der Waals surface area contributed by atoms with Crippen LogP contribution in [-0.2, 0) is 16.1 Å². The van der Waals surface area contributed by atoms with Gasteiger partial charge in [0, 0.05) is 18.6 Å². The number of benzene rings is 1. The molecule has 1 saturated heterocycles. The lowest BCUT2D eigenvalue weighted by Gasteiger charge is -2.41. The van der Waals surface area contributed by atoms with Crippen molar-refractivity contribution in [1.82, 2.24) is 4.90 Å². The molecule has 1 saturated carbocycles. The molecule has 2 N–H and O–H groups in total. The van der Waals surface area contributed by atoms with Crippen LogP contribution in [0.15, 0.2) is 18.2 Å². The summed E-state index contributed by atoms with van der Waals surface area (Å²) in [4.78, 5) is 14.9. The van der Waals surface area contributed by atoms with Gasteiger partial charge in [-0.15, -0.1) is 0 Å². The highest BCUT2D eigenvalue weighted by Crippen LogP contribution is 2.33.